The van der Waals surface area contributed by atoms with Crippen LogP contribution >= 0.6 is 12.6 Å². The van der Waals surface area contributed by atoms with E-state index in [0.717, 1.165) is 5.56 Å². The number of benzene rings is 2. The average Bonchev–Trinajstić information content (AvgIpc) is 2.90. The van der Waals surface area contributed by atoms with Crippen molar-refractivity contribution in [1.29, 1.82) is 0 Å². The quantitative estimate of drug-likeness (QED) is 0.122. The molecule has 0 saturated carbocycles. The van der Waals surface area contributed by atoms with Gasteiger partial charge in [0, 0.05) is 24.6 Å². The molecule has 2 rings (SSSR count). The summed E-state index contributed by atoms with van der Waals surface area (Å²) >= 11 is 3.94. The maximum Gasteiger partial charge on any atom is 0.327 e. The van der Waals surface area contributed by atoms with Gasteiger partial charge in [0.05, 0.1) is 18.9 Å². The highest BCUT2D eigenvalue weighted by molar-refractivity contribution is 7.80. The third kappa shape index (κ3) is 11.0. The van der Waals surface area contributed by atoms with Crippen LogP contribution in [-0.4, -0.2) is 64.0 Å². The Morgan fingerprint density at radius 1 is 0.821 bits per heavy atom. The molecule has 0 spiro atoms. The Morgan fingerprint density at radius 2 is 1.46 bits per heavy atom. The van der Waals surface area contributed by atoms with Crippen molar-refractivity contribution in [2.24, 2.45) is 5.92 Å². The molecule has 12 heteroatoms. The molecule has 0 aliphatic rings. The lowest BCUT2D eigenvalue weighted by molar-refractivity contribution is -0.142. The highest BCUT2D eigenvalue weighted by Crippen LogP contribution is 2.16. The number of thiol groups is 1. The first-order valence-electron chi connectivity index (χ1n) is 12.1. The summed E-state index contributed by atoms with van der Waals surface area (Å²) in [4.78, 5) is 72.1. The Balaban J connectivity index is 2.15. The van der Waals surface area contributed by atoms with Crippen molar-refractivity contribution < 1.29 is 39.0 Å². The number of hydrogen-bond donors (Lipinski definition) is 6. The number of carboxylic acids is 2. The Bertz CT molecular complexity index is 1160. The van der Waals surface area contributed by atoms with Crippen molar-refractivity contribution >= 4 is 48.6 Å². The fourth-order valence-corrected chi connectivity index (χ4v) is 4.05. The van der Waals surface area contributed by atoms with Gasteiger partial charge < -0.3 is 26.2 Å². The molecule has 0 heterocycles. The lowest BCUT2D eigenvalue weighted by Crippen LogP contribution is -2.47. The number of hydrogen-bond acceptors (Lipinski definition) is 7. The zero-order valence-electron chi connectivity index (χ0n) is 21.0. The summed E-state index contributed by atoms with van der Waals surface area (Å²) in [6, 6.07) is 12.9. The van der Waals surface area contributed by atoms with E-state index in [1.165, 1.54) is 0 Å². The van der Waals surface area contributed by atoms with E-state index < -0.39 is 60.4 Å². The second-order valence-electron chi connectivity index (χ2n) is 8.85. The van der Waals surface area contributed by atoms with Gasteiger partial charge in [0.25, 0.3) is 0 Å². The Hall–Kier alpha value is -4.19. The molecule has 0 aromatic heterocycles. The predicted molar refractivity (Wildman–Crippen MR) is 144 cm³/mol. The number of carboxylic acid groups (broad SMARTS) is 2. The number of carbonyl (C=O) groups is 6. The molecule has 208 valence electrons. The number of rotatable bonds is 17. The van der Waals surface area contributed by atoms with Gasteiger partial charge >= 0.3 is 11.9 Å². The van der Waals surface area contributed by atoms with Crippen LogP contribution in [0.3, 0.4) is 0 Å². The fourth-order valence-electron chi connectivity index (χ4n) is 3.80. The predicted octanol–water partition coefficient (Wildman–Crippen LogP) is 0.752. The molecular formula is C27H31N3O8S. The molecule has 0 aliphatic heterocycles. The first-order chi connectivity index (χ1) is 18.6. The van der Waals surface area contributed by atoms with Crippen LogP contribution in [0.1, 0.15) is 29.5 Å². The number of amides is 3. The molecule has 2 aromatic carbocycles. The van der Waals surface area contributed by atoms with Crippen LogP contribution in [0.15, 0.2) is 54.6 Å². The molecule has 0 aliphatic carbocycles. The minimum absolute atomic E-state index is 0.0936. The van der Waals surface area contributed by atoms with Gasteiger partial charge in [-0.1, -0.05) is 54.6 Å². The van der Waals surface area contributed by atoms with E-state index in [4.69, 9.17) is 0 Å². The molecule has 0 radical (unpaired) electrons. The Morgan fingerprint density at radius 3 is 2.03 bits per heavy atom. The zero-order valence-corrected chi connectivity index (χ0v) is 21.9. The summed E-state index contributed by atoms with van der Waals surface area (Å²) in [5.74, 6) is -5.73. The summed E-state index contributed by atoms with van der Waals surface area (Å²) in [7, 11) is 0. The van der Waals surface area contributed by atoms with Crippen LogP contribution in [0.2, 0.25) is 0 Å². The lowest BCUT2D eigenvalue weighted by Gasteiger charge is -2.22. The molecule has 3 amide bonds. The van der Waals surface area contributed by atoms with Gasteiger partial charge in [0.2, 0.25) is 18.2 Å². The molecule has 3 atom stereocenters. The van der Waals surface area contributed by atoms with E-state index in [1.54, 1.807) is 54.6 Å². The summed E-state index contributed by atoms with van der Waals surface area (Å²) < 4.78 is 0. The largest absolute Gasteiger partial charge is 0.481 e. The number of aliphatic carboxylic acids is 2. The first-order valence-corrected chi connectivity index (χ1v) is 12.7. The van der Waals surface area contributed by atoms with Crippen LogP contribution in [0.25, 0.3) is 0 Å². The molecule has 2 aromatic rings. The van der Waals surface area contributed by atoms with Crippen molar-refractivity contribution in [2.45, 2.75) is 44.3 Å². The maximum absolute atomic E-state index is 13.2. The number of Topliss-reactive ketones (excluding diaryl/α,β-unsaturated/α-hetero) is 1. The van der Waals surface area contributed by atoms with Gasteiger partial charge in [-0.25, -0.2) is 4.79 Å². The van der Waals surface area contributed by atoms with E-state index in [0.29, 0.717) is 24.1 Å². The number of carbonyl (C=O) groups excluding carboxylic acids is 4. The fraction of sp³-hybridized carbons (Fsp3) is 0.333. The standard InChI is InChI=1S/C27H31N3O8S/c31-16-28-14-19-8-6-18(7-9-19)11-24(33)29-21(13-25(34)35)23(32)12-20(10-17-4-2-1-3-5-17)26(36)30-22(15-39)27(37)38/h1-9,16,20-22,39H,10-15H2,(H,28,31)(H,29,33)(H,30,36)(H,34,35)(H,37,38)/t20-,21+,22+/m1/s1. The highest BCUT2D eigenvalue weighted by Gasteiger charge is 2.31. The summed E-state index contributed by atoms with van der Waals surface area (Å²) in [6.45, 7) is 0.324. The Kier molecular flexibility index (Phi) is 12.7. The smallest absolute Gasteiger partial charge is 0.327 e. The number of ketones is 1. The van der Waals surface area contributed by atoms with Crippen molar-refractivity contribution in [3.8, 4) is 0 Å². The molecule has 0 unspecified atom stereocenters. The van der Waals surface area contributed by atoms with E-state index >= 15 is 0 Å². The van der Waals surface area contributed by atoms with Crippen LogP contribution < -0.4 is 16.0 Å². The second kappa shape index (κ2) is 15.9. The van der Waals surface area contributed by atoms with Gasteiger partial charge in [-0.15, -0.1) is 0 Å². The highest BCUT2D eigenvalue weighted by atomic mass is 32.1. The molecular weight excluding hydrogens is 526 g/mol. The topological polar surface area (TPSA) is 179 Å². The molecule has 0 saturated heterocycles. The molecule has 5 N–H and O–H groups in total. The van der Waals surface area contributed by atoms with Crippen molar-refractivity contribution in [3.05, 3.63) is 71.3 Å². The summed E-state index contributed by atoms with van der Waals surface area (Å²) in [5.41, 5.74) is 2.14. The molecule has 0 fully saturated rings. The minimum atomic E-state index is -1.39. The molecule has 39 heavy (non-hydrogen) atoms. The third-order valence-corrected chi connectivity index (χ3v) is 6.19. The number of nitrogens with one attached hydrogen (secondary N) is 3. The van der Waals surface area contributed by atoms with Crippen LogP contribution in [-0.2, 0) is 48.2 Å². The van der Waals surface area contributed by atoms with Gasteiger partial charge in [-0.3, -0.25) is 24.0 Å². The van der Waals surface area contributed by atoms with Crippen molar-refractivity contribution in [2.75, 3.05) is 5.75 Å². The third-order valence-electron chi connectivity index (χ3n) is 5.82. The van der Waals surface area contributed by atoms with Crippen molar-refractivity contribution in [1.82, 2.24) is 16.0 Å². The van der Waals surface area contributed by atoms with E-state index in [-0.39, 0.29) is 18.6 Å². The van der Waals surface area contributed by atoms with Crippen LogP contribution in [0.5, 0.6) is 0 Å². The normalized spacial score (nSPS) is 12.8. The zero-order chi connectivity index (χ0) is 28.8. The van der Waals surface area contributed by atoms with E-state index in [9.17, 15) is 39.0 Å². The molecule has 0 bridgehead atoms. The summed E-state index contributed by atoms with van der Waals surface area (Å²) in [5, 5.41) is 26.0. The first kappa shape index (κ1) is 31.0. The molecule has 11 nitrogen and oxygen atoms in total. The summed E-state index contributed by atoms with van der Waals surface area (Å²) in [6.07, 6.45) is -0.567. The Labute approximate surface area is 230 Å². The van der Waals surface area contributed by atoms with Gasteiger partial charge in [-0.2, -0.15) is 12.6 Å². The lowest BCUT2D eigenvalue weighted by atomic mass is 9.90. The van der Waals surface area contributed by atoms with Crippen molar-refractivity contribution in [3.63, 3.8) is 0 Å². The van der Waals surface area contributed by atoms with Gasteiger partial charge in [0.1, 0.15) is 6.04 Å². The SMILES string of the molecule is O=CNCc1ccc(CC(=O)N[C@@H](CC(=O)O)C(=O)C[C@@H](Cc2ccccc2)C(=O)N[C@@H](CS)C(=O)O)cc1. The van der Waals surface area contributed by atoms with Crippen LogP contribution in [0, 0.1) is 5.92 Å². The van der Waals surface area contributed by atoms with Gasteiger partial charge in [-0.05, 0) is 23.1 Å². The average molecular weight is 558 g/mol. The second-order valence-corrected chi connectivity index (χ2v) is 9.21. The monoisotopic (exact) mass is 557 g/mol. The van der Waals surface area contributed by atoms with E-state index in [1.807, 2.05) is 0 Å². The minimum Gasteiger partial charge on any atom is -0.481 e. The van der Waals surface area contributed by atoms with E-state index in [2.05, 4.69) is 28.6 Å². The van der Waals surface area contributed by atoms with Gasteiger partial charge in [0.15, 0.2) is 5.78 Å². The maximum atomic E-state index is 13.2. The van der Waals surface area contributed by atoms with Crippen LogP contribution in [0.4, 0.5) is 0 Å².